The van der Waals surface area contributed by atoms with E-state index in [-0.39, 0.29) is 5.54 Å². The van der Waals surface area contributed by atoms with Crippen LogP contribution in [0.3, 0.4) is 0 Å². The number of rotatable bonds is 3. The maximum atomic E-state index is 4.43. The summed E-state index contributed by atoms with van der Waals surface area (Å²) in [7, 11) is 0. The third-order valence-corrected chi connectivity index (χ3v) is 2.75. The average molecular weight is 235 g/mol. The third-order valence-electron chi connectivity index (χ3n) is 2.75. The molecule has 0 amide bonds. The molecule has 1 aromatic heterocycles. The van der Waals surface area contributed by atoms with E-state index in [1.54, 1.807) is 6.20 Å². The molecule has 0 saturated heterocycles. The van der Waals surface area contributed by atoms with Gasteiger partial charge >= 0.3 is 0 Å². The Morgan fingerprint density at radius 1 is 1.24 bits per heavy atom. The molecule has 5 heteroatoms. The predicted molar refractivity (Wildman–Crippen MR) is 69.1 cm³/mol. The van der Waals surface area contributed by atoms with E-state index in [9.17, 15) is 0 Å². The van der Waals surface area contributed by atoms with Crippen LogP contribution in [-0.4, -0.2) is 26.8 Å². The van der Waals surface area contributed by atoms with Crippen LogP contribution in [-0.2, 0) is 0 Å². The van der Waals surface area contributed by atoms with Crippen molar-refractivity contribution in [2.75, 3.05) is 10.6 Å². The van der Waals surface area contributed by atoms with Crippen LogP contribution in [0.5, 0.6) is 0 Å². The van der Waals surface area contributed by atoms with Gasteiger partial charge in [-0.1, -0.05) is 12.8 Å². The first-order chi connectivity index (χ1) is 8.03. The van der Waals surface area contributed by atoms with Crippen LogP contribution < -0.4 is 10.6 Å². The fourth-order valence-electron chi connectivity index (χ4n) is 2.06. The minimum Gasteiger partial charge on any atom is -0.364 e. The molecule has 1 aliphatic rings. The fraction of sp³-hybridized carbons (Fsp3) is 0.750. The summed E-state index contributed by atoms with van der Waals surface area (Å²) >= 11 is 0. The van der Waals surface area contributed by atoms with Crippen molar-refractivity contribution in [2.45, 2.75) is 58.0 Å². The highest BCUT2D eigenvalue weighted by molar-refractivity contribution is 5.39. The molecular weight excluding hydrogens is 214 g/mol. The summed E-state index contributed by atoms with van der Waals surface area (Å²) in [5.41, 5.74) is -0.0132. The molecule has 1 heterocycles. The van der Waals surface area contributed by atoms with Crippen molar-refractivity contribution < 1.29 is 0 Å². The molecule has 0 atom stereocenters. The van der Waals surface area contributed by atoms with Gasteiger partial charge in [0.2, 0.25) is 5.95 Å². The Morgan fingerprint density at radius 3 is 2.59 bits per heavy atom. The van der Waals surface area contributed by atoms with E-state index >= 15 is 0 Å². The number of nitrogens with zero attached hydrogens (tertiary/aromatic N) is 3. The summed E-state index contributed by atoms with van der Waals surface area (Å²) in [5.74, 6) is 1.40. The Labute approximate surface area is 102 Å². The predicted octanol–water partition coefficient (Wildman–Crippen LogP) is 2.44. The van der Waals surface area contributed by atoms with Crippen LogP contribution in [0.25, 0.3) is 0 Å². The quantitative estimate of drug-likeness (QED) is 0.842. The SMILES string of the molecule is CC(C)(C)Nc1cnnc(NC2CCCC2)n1. The van der Waals surface area contributed by atoms with Gasteiger partial charge in [0, 0.05) is 11.6 Å². The second kappa shape index (κ2) is 4.85. The summed E-state index contributed by atoms with van der Waals surface area (Å²) in [6, 6.07) is 0.515. The number of nitrogens with one attached hydrogen (secondary N) is 2. The summed E-state index contributed by atoms with van der Waals surface area (Å²) in [6.45, 7) is 6.29. The van der Waals surface area contributed by atoms with Crippen LogP contribution in [0.2, 0.25) is 0 Å². The first-order valence-electron chi connectivity index (χ1n) is 6.27. The largest absolute Gasteiger partial charge is 0.364 e. The van der Waals surface area contributed by atoms with Gasteiger partial charge in [0.1, 0.15) is 0 Å². The summed E-state index contributed by atoms with van der Waals surface area (Å²) < 4.78 is 0. The highest BCUT2D eigenvalue weighted by atomic mass is 15.3. The van der Waals surface area contributed by atoms with Gasteiger partial charge in [0.05, 0.1) is 6.20 Å². The molecule has 0 radical (unpaired) electrons. The van der Waals surface area contributed by atoms with Gasteiger partial charge in [-0.15, -0.1) is 5.10 Å². The van der Waals surface area contributed by atoms with Gasteiger partial charge in [0.25, 0.3) is 0 Å². The Morgan fingerprint density at radius 2 is 1.94 bits per heavy atom. The zero-order valence-electron chi connectivity index (χ0n) is 10.8. The molecule has 1 aliphatic carbocycles. The van der Waals surface area contributed by atoms with Crippen molar-refractivity contribution in [1.82, 2.24) is 15.2 Å². The molecule has 1 fully saturated rings. The summed E-state index contributed by atoms with van der Waals surface area (Å²) in [5, 5.41) is 14.6. The Hall–Kier alpha value is -1.39. The van der Waals surface area contributed by atoms with Crippen molar-refractivity contribution in [3.63, 3.8) is 0 Å². The van der Waals surface area contributed by atoms with Crippen LogP contribution in [0.1, 0.15) is 46.5 Å². The van der Waals surface area contributed by atoms with Crippen molar-refractivity contribution in [3.8, 4) is 0 Å². The van der Waals surface area contributed by atoms with Gasteiger partial charge in [-0.25, -0.2) is 0 Å². The van der Waals surface area contributed by atoms with E-state index in [4.69, 9.17) is 0 Å². The molecule has 0 spiro atoms. The summed E-state index contributed by atoms with van der Waals surface area (Å²) in [4.78, 5) is 4.43. The molecule has 94 valence electrons. The van der Waals surface area contributed by atoms with Crippen molar-refractivity contribution in [1.29, 1.82) is 0 Å². The lowest BCUT2D eigenvalue weighted by molar-refractivity contribution is 0.628. The Bertz CT molecular complexity index is 365. The lowest BCUT2D eigenvalue weighted by atomic mass is 10.1. The Balaban J connectivity index is 2.00. The van der Waals surface area contributed by atoms with Crippen molar-refractivity contribution in [3.05, 3.63) is 6.20 Å². The zero-order valence-corrected chi connectivity index (χ0v) is 10.8. The van der Waals surface area contributed by atoms with E-state index in [1.165, 1.54) is 25.7 Å². The maximum Gasteiger partial charge on any atom is 0.244 e. The van der Waals surface area contributed by atoms with Gasteiger partial charge in [-0.05, 0) is 33.6 Å². The molecule has 0 aliphatic heterocycles. The maximum absolute atomic E-state index is 4.43. The second-order valence-corrected chi connectivity index (χ2v) is 5.67. The number of hydrogen-bond acceptors (Lipinski definition) is 5. The smallest absolute Gasteiger partial charge is 0.244 e. The molecule has 17 heavy (non-hydrogen) atoms. The zero-order chi connectivity index (χ0) is 12.3. The third kappa shape index (κ3) is 3.84. The van der Waals surface area contributed by atoms with E-state index in [0.29, 0.717) is 12.0 Å². The minimum absolute atomic E-state index is 0.0132. The monoisotopic (exact) mass is 235 g/mol. The van der Waals surface area contributed by atoms with Crippen molar-refractivity contribution >= 4 is 11.8 Å². The number of anilines is 2. The van der Waals surface area contributed by atoms with Crippen LogP contribution in [0.15, 0.2) is 6.20 Å². The van der Waals surface area contributed by atoms with E-state index in [0.717, 1.165) is 5.82 Å². The van der Waals surface area contributed by atoms with Gasteiger partial charge in [-0.3, -0.25) is 0 Å². The molecule has 0 bridgehead atoms. The normalized spacial score (nSPS) is 17.1. The molecule has 1 aromatic rings. The average Bonchev–Trinajstić information content (AvgIpc) is 2.68. The lowest BCUT2D eigenvalue weighted by Gasteiger charge is -2.21. The topological polar surface area (TPSA) is 62.7 Å². The van der Waals surface area contributed by atoms with Crippen molar-refractivity contribution in [2.24, 2.45) is 0 Å². The summed E-state index contributed by atoms with van der Waals surface area (Å²) in [6.07, 6.45) is 6.67. The molecule has 5 nitrogen and oxygen atoms in total. The molecular formula is C12H21N5. The van der Waals surface area contributed by atoms with Gasteiger partial charge < -0.3 is 10.6 Å². The molecule has 0 aromatic carbocycles. The highest BCUT2D eigenvalue weighted by Crippen LogP contribution is 2.21. The van der Waals surface area contributed by atoms with Crippen LogP contribution in [0.4, 0.5) is 11.8 Å². The van der Waals surface area contributed by atoms with Crippen LogP contribution in [0, 0.1) is 0 Å². The first kappa shape index (κ1) is 12.1. The number of aromatic nitrogens is 3. The lowest BCUT2D eigenvalue weighted by Crippen LogP contribution is -2.27. The molecule has 1 saturated carbocycles. The Kier molecular flexibility index (Phi) is 3.45. The molecule has 2 rings (SSSR count). The van der Waals surface area contributed by atoms with Gasteiger partial charge in [0.15, 0.2) is 5.82 Å². The second-order valence-electron chi connectivity index (χ2n) is 5.67. The molecule has 2 N–H and O–H groups in total. The standard InChI is InChI=1S/C12H21N5/c1-12(2,3)16-10-8-13-17-11(15-10)14-9-6-4-5-7-9/h8-9H,4-7H2,1-3H3,(H2,14,15,16,17). The van der Waals surface area contributed by atoms with E-state index in [1.807, 2.05) is 0 Å². The first-order valence-corrected chi connectivity index (χ1v) is 6.27. The number of hydrogen-bond donors (Lipinski definition) is 2. The van der Waals surface area contributed by atoms with E-state index in [2.05, 4.69) is 46.6 Å². The van der Waals surface area contributed by atoms with Crippen LogP contribution >= 0.6 is 0 Å². The fourth-order valence-corrected chi connectivity index (χ4v) is 2.06. The van der Waals surface area contributed by atoms with E-state index < -0.39 is 0 Å². The minimum atomic E-state index is -0.0132. The molecule has 0 unspecified atom stereocenters. The highest BCUT2D eigenvalue weighted by Gasteiger charge is 2.16. The van der Waals surface area contributed by atoms with Gasteiger partial charge in [-0.2, -0.15) is 10.1 Å².